The summed E-state index contributed by atoms with van der Waals surface area (Å²) in [5.41, 5.74) is -11.4. The third kappa shape index (κ3) is 3.95. The van der Waals surface area contributed by atoms with Gasteiger partial charge in [0.2, 0.25) is 0 Å². The number of hydrogen-bond donors (Lipinski definition) is 0. The van der Waals surface area contributed by atoms with E-state index in [1.54, 1.807) is 0 Å². The molecule has 0 aliphatic carbocycles. The van der Waals surface area contributed by atoms with Gasteiger partial charge in [-0.05, 0) is 29.0 Å². The van der Waals surface area contributed by atoms with Crippen LogP contribution in [-0.4, -0.2) is 0 Å². The van der Waals surface area contributed by atoms with Crippen LogP contribution in [0, 0.1) is 6.92 Å². The van der Waals surface area contributed by atoms with Gasteiger partial charge in [-0.2, -0.15) is 39.5 Å². The normalized spacial score (nSPS) is 14.0. The molecule has 1 aromatic carbocycles. The topological polar surface area (TPSA) is 0 Å². The Hall–Kier alpha value is -1.67. The van der Waals surface area contributed by atoms with E-state index in [4.69, 9.17) is 0 Å². The summed E-state index contributed by atoms with van der Waals surface area (Å²) in [5.74, 6) is 0. The van der Waals surface area contributed by atoms with Gasteiger partial charge in [0.05, 0.1) is 16.7 Å². The van der Waals surface area contributed by atoms with Crippen molar-refractivity contribution < 1.29 is 39.5 Å². The van der Waals surface area contributed by atoms with Crippen LogP contribution in [0.4, 0.5) is 39.5 Å². The highest BCUT2D eigenvalue weighted by Gasteiger charge is 2.51. The molecule has 142 valence electrons. The molecule has 0 spiro atoms. The van der Waals surface area contributed by atoms with Gasteiger partial charge in [0.25, 0.3) is 0 Å². The molecule has 0 radical (unpaired) electrons. The van der Waals surface area contributed by atoms with Crippen LogP contribution >= 0.6 is 0 Å². The first-order valence-electron chi connectivity index (χ1n) is 6.90. The zero-order chi connectivity index (χ0) is 20.2. The average Bonchev–Trinajstić information content (AvgIpc) is 2.30. The second-order valence-corrected chi connectivity index (χ2v) is 6.49. The fourth-order valence-electron chi connectivity index (χ4n) is 2.98. The second kappa shape index (κ2) is 5.95. The molecule has 0 saturated heterocycles. The molecule has 0 heterocycles. The molecule has 0 nitrogen and oxygen atoms in total. The first-order chi connectivity index (χ1) is 10.8. The van der Waals surface area contributed by atoms with Crippen LogP contribution in [0.2, 0.25) is 0 Å². The fourth-order valence-corrected chi connectivity index (χ4v) is 2.98. The van der Waals surface area contributed by atoms with Crippen LogP contribution in [-0.2, 0) is 23.9 Å². The first kappa shape index (κ1) is 21.4. The van der Waals surface area contributed by atoms with Crippen molar-refractivity contribution in [3.8, 4) is 0 Å². The van der Waals surface area contributed by atoms with Crippen LogP contribution in [0.25, 0.3) is 6.08 Å². The van der Waals surface area contributed by atoms with Crippen LogP contribution in [0.1, 0.15) is 54.2 Å². The lowest BCUT2D eigenvalue weighted by atomic mass is 9.75. The van der Waals surface area contributed by atoms with Gasteiger partial charge >= 0.3 is 18.5 Å². The Labute approximate surface area is 138 Å². The highest BCUT2D eigenvalue weighted by Crippen LogP contribution is 2.52. The smallest absolute Gasteiger partial charge is 0.166 e. The number of rotatable bonds is 1. The third-order valence-electron chi connectivity index (χ3n) is 3.59. The number of benzene rings is 1. The highest BCUT2D eigenvalue weighted by molar-refractivity contribution is 5.67. The number of halogens is 9. The fraction of sp³-hybridized carbons (Fsp3) is 0.500. The van der Waals surface area contributed by atoms with E-state index in [1.807, 2.05) is 0 Å². The summed E-state index contributed by atoms with van der Waals surface area (Å²) in [6.07, 6.45) is -16.3. The molecule has 1 aromatic rings. The third-order valence-corrected chi connectivity index (χ3v) is 3.59. The summed E-state index contributed by atoms with van der Waals surface area (Å²) in [7, 11) is 0. The molecule has 0 aliphatic rings. The van der Waals surface area contributed by atoms with Crippen molar-refractivity contribution in [1.82, 2.24) is 0 Å². The number of alkyl halides is 9. The molecule has 9 heteroatoms. The van der Waals surface area contributed by atoms with Crippen molar-refractivity contribution in [3.63, 3.8) is 0 Å². The Morgan fingerprint density at radius 2 is 1.00 bits per heavy atom. The summed E-state index contributed by atoms with van der Waals surface area (Å²) in [6.45, 7) is 6.98. The van der Waals surface area contributed by atoms with Gasteiger partial charge < -0.3 is 0 Å². The molecule has 25 heavy (non-hydrogen) atoms. The van der Waals surface area contributed by atoms with E-state index in [1.165, 1.54) is 0 Å². The van der Waals surface area contributed by atoms with Crippen molar-refractivity contribution in [2.45, 2.75) is 51.6 Å². The molecule has 0 fully saturated rings. The SMILES string of the molecule is C=Cc1c(C(F)(F)F)c(C)c(C(C)(C)C)c(C(F)(F)F)c1C(F)(F)F. The summed E-state index contributed by atoms with van der Waals surface area (Å²) in [5, 5.41) is 0. The molecule has 0 unspecified atom stereocenters. The van der Waals surface area contributed by atoms with Crippen molar-refractivity contribution in [2.75, 3.05) is 0 Å². The molecule has 0 aliphatic heterocycles. The maximum absolute atomic E-state index is 13.5. The molecule has 1 rings (SSSR count). The standard InChI is InChI=1S/C16H15F9/c1-6-8-9(14(17,18)19)7(2)10(13(3,4)5)12(16(23,24)25)11(8)15(20,21)22/h6H,1H2,2-5H3. The van der Waals surface area contributed by atoms with E-state index >= 15 is 0 Å². The predicted molar refractivity (Wildman–Crippen MR) is 75.0 cm³/mol. The Balaban J connectivity index is 4.43. The van der Waals surface area contributed by atoms with E-state index in [0.29, 0.717) is 0 Å². The molecule has 0 atom stereocenters. The minimum absolute atomic E-state index is 0.167. The molecule has 0 saturated carbocycles. The largest absolute Gasteiger partial charge is 0.417 e. The highest BCUT2D eigenvalue weighted by atomic mass is 19.4. The van der Waals surface area contributed by atoms with E-state index in [2.05, 4.69) is 6.58 Å². The lowest BCUT2D eigenvalue weighted by Crippen LogP contribution is -2.30. The van der Waals surface area contributed by atoms with Crippen molar-refractivity contribution in [3.05, 3.63) is 40.0 Å². The quantitative estimate of drug-likeness (QED) is 0.462. The lowest BCUT2D eigenvalue weighted by Gasteiger charge is -2.32. The first-order valence-corrected chi connectivity index (χ1v) is 6.90. The van der Waals surface area contributed by atoms with Gasteiger partial charge in [-0.3, -0.25) is 0 Å². The minimum Gasteiger partial charge on any atom is -0.166 e. The van der Waals surface area contributed by atoms with Crippen LogP contribution in [0.5, 0.6) is 0 Å². The van der Waals surface area contributed by atoms with Crippen LogP contribution in [0.15, 0.2) is 6.58 Å². The molecule has 0 N–H and O–H groups in total. The van der Waals surface area contributed by atoms with E-state index < -0.39 is 57.3 Å². The summed E-state index contributed by atoms with van der Waals surface area (Å²) in [4.78, 5) is 0. The monoisotopic (exact) mass is 378 g/mol. The predicted octanol–water partition coefficient (Wildman–Crippen LogP) is 6.99. The Bertz CT molecular complexity index is 680. The van der Waals surface area contributed by atoms with Crippen LogP contribution < -0.4 is 0 Å². The molecule has 0 aromatic heterocycles. The van der Waals surface area contributed by atoms with Gasteiger partial charge in [0.15, 0.2) is 0 Å². The van der Waals surface area contributed by atoms with Crippen molar-refractivity contribution in [2.24, 2.45) is 0 Å². The molecule has 0 bridgehead atoms. The Morgan fingerprint density at radius 1 is 0.640 bits per heavy atom. The van der Waals surface area contributed by atoms with Crippen molar-refractivity contribution >= 4 is 6.08 Å². The molecular weight excluding hydrogens is 363 g/mol. The maximum atomic E-state index is 13.5. The number of hydrogen-bond acceptors (Lipinski definition) is 0. The summed E-state index contributed by atoms with van der Waals surface area (Å²) >= 11 is 0. The van der Waals surface area contributed by atoms with E-state index in [-0.39, 0.29) is 6.08 Å². The Kier molecular flexibility index (Phi) is 5.08. The summed E-state index contributed by atoms with van der Waals surface area (Å²) < 4.78 is 121. The van der Waals surface area contributed by atoms with Gasteiger partial charge in [-0.25, -0.2) is 0 Å². The Morgan fingerprint density at radius 3 is 1.24 bits per heavy atom. The van der Waals surface area contributed by atoms with Gasteiger partial charge in [0.1, 0.15) is 0 Å². The average molecular weight is 378 g/mol. The molecular formula is C16H15F9. The second-order valence-electron chi connectivity index (χ2n) is 6.49. The van der Waals surface area contributed by atoms with Gasteiger partial charge in [0, 0.05) is 0 Å². The van der Waals surface area contributed by atoms with E-state index in [0.717, 1.165) is 27.7 Å². The zero-order valence-electron chi connectivity index (χ0n) is 13.7. The molecule has 0 amide bonds. The zero-order valence-corrected chi connectivity index (χ0v) is 13.7. The van der Waals surface area contributed by atoms with E-state index in [9.17, 15) is 39.5 Å². The summed E-state index contributed by atoms with van der Waals surface area (Å²) in [6, 6.07) is 0. The van der Waals surface area contributed by atoms with Crippen molar-refractivity contribution in [1.29, 1.82) is 0 Å². The van der Waals surface area contributed by atoms with Crippen LogP contribution in [0.3, 0.4) is 0 Å². The lowest BCUT2D eigenvalue weighted by molar-refractivity contribution is -0.164. The minimum atomic E-state index is -5.65. The maximum Gasteiger partial charge on any atom is 0.417 e. The van der Waals surface area contributed by atoms with Gasteiger partial charge in [-0.15, -0.1) is 0 Å². The van der Waals surface area contributed by atoms with Gasteiger partial charge in [-0.1, -0.05) is 33.4 Å².